The highest BCUT2D eigenvalue weighted by molar-refractivity contribution is 5.81. The molecule has 0 amide bonds. The number of carbonyl (C=O) groups is 2. The molecule has 0 saturated heterocycles. The molecule has 0 heterocycles. The van der Waals surface area contributed by atoms with Crippen LogP contribution in [0.1, 0.15) is 146 Å². The van der Waals surface area contributed by atoms with Crippen molar-refractivity contribution in [2.75, 3.05) is 20.1 Å². The Hall–Kier alpha value is -1.36. The molecule has 5 rings (SSSR count). The second-order valence-corrected chi connectivity index (χ2v) is 19.3. The first-order valence-electron chi connectivity index (χ1n) is 19.1. The smallest absolute Gasteiger partial charge is 0.309 e. The highest BCUT2D eigenvalue weighted by atomic mass is 16.5. The molecule has 0 aromatic rings. The molecular weight excluding hydrogens is 570 g/mol. The Morgan fingerprint density at radius 3 is 2.24 bits per heavy atom. The van der Waals surface area contributed by atoms with Gasteiger partial charge < -0.3 is 14.7 Å². The number of nitrogens with zero attached hydrogens (tertiary/aromatic N) is 1. The molecule has 46 heavy (non-hydrogen) atoms. The number of ether oxygens (including phenoxy) is 1. The Bertz CT molecular complexity index is 1190. The highest BCUT2D eigenvalue weighted by Crippen LogP contribution is 2.78. The number of carboxylic acids is 1. The molecule has 262 valence electrons. The van der Waals surface area contributed by atoms with Crippen LogP contribution in [0.25, 0.3) is 0 Å². The van der Waals surface area contributed by atoms with Gasteiger partial charge in [0.2, 0.25) is 0 Å². The van der Waals surface area contributed by atoms with Crippen LogP contribution in [0.2, 0.25) is 0 Å². The van der Waals surface area contributed by atoms with Crippen LogP contribution in [0.4, 0.5) is 0 Å². The van der Waals surface area contributed by atoms with Crippen LogP contribution in [0.3, 0.4) is 0 Å². The minimum Gasteiger partial charge on any atom is -0.481 e. The zero-order chi connectivity index (χ0) is 34.1. The summed E-state index contributed by atoms with van der Waals surface area (Å²) in [5, 5.41) is 9.58. The van der Waals surface area contributed by atoms with Crippen molar-refractivity contribution in [3.05, 3.63) is 12.2 Å². The molecule has 0 radical (unpaired) electrons. The van der Waals surface area contributed by atoms with E-state index in [1.807, 2.05) is 0 Å². The summed E-state index contributed by atoms with van der Waals surface area (Å²) in [7, 11) is 2.27. The van der Waals surface area contributed by atoms with Gasteiger partial charge in [0.1, 0.15) is 6.10 Å². The zero-order valence-electron chi connectivity index (χ0n) is 31.4. The van der Waals surface area contributed by atoms with Gasteiger partial charge in [0.25, 0.3) is 0 Å². The fourth-order valence-electron chi connectivity index (χ4n) is 13.4. The summed E-state index contributed by atoms with van der Waals surface area (Å²) in [6.07, 6.45) is 15.1. The van der Waals surface area contributed by atoms with Gasteiger partial charge in [0.15, 0.2) is 0 Å². The SMILES string of the molecule is C=C(C)C1CC[C@]2(CCCN(C)CC)CC[C@]3(C)[C@H](CC[C@@H]4[C@@]5(C)CC[C@H](OC(=O)CC(C)(C)C(=O)O)C(C)(C)[C@@H]5CC[C@]43C)[C@@H]12. The maximum absolute atomic E-state index is 13.0. The van der Waals surface area contributed by atoms with E-state index in [0.717, 1.165) is 31.2 Å². The van der Waals surface area contributed by atoms with Gasteiger partial charge in [-0.3, -0.25) is 9.59 Å². The molecule has 0 aliphatic heterocycles. The van der Waals surface area contributed by atoms with Crippen molar-refractivity contribution >= 4 is 11.9 Å². The van der Waals surface area contributed by atoms with Gasteiger partial charge in [-0.05, 0) is 169 Å². The third-order valence-electron chi connectivity index (χ3n) is 16.4. The standard InChI is InChI=1S/C41H69NO4/c1-12-42(11)25-13-19-41-22-16-28(27(2)3)34(41)29-14-15-31-38(8)20-18-32(46-33(43)26-36(4,5)35(44)45)37(6,7)30(38)17-21-40(31,10)39(29,9)23-24-41/h28-32,34H,2,12-26H2,1,3-11H3,(H,44,45)/t28?,29-,30+,31-,32+,34-,38+,39-,40-,41-/m1/s1. The lowest BCUT2D eigenvalue weighted by Crippen LogP contribution is -2.66. The van der Waals surface area contributed by atoms with E-state index in [1.165, 1.54) is 76.3 Å². The lowest BCUT2D eigenvalue weighted by Gasteiger charge is -2.73. The van der Waals surface area contributed by atoms with Crippen molar-refractivity contribution in [3.8, 4) is 0 Å². The van der Waals surface area contributed by atoms with Crippen LogP contribution < -0.4 is 0 Å². The lowest BCUT2D eigenvalue weighted by molar-refractivity contribution is -0.250. The van der Waals surface area contributed by atoms with Crippen LogP contribution in [0, 0.1) is 62.1 Å². The topological polar surface area (TPSA) is 66.8 Å². The molecule has 0 bridgehead atoms. The molecule has 5 aliphatic rings. The van der Waals surface area contributed by atoms with Crippen molar-refractivity contribution in [1.82, 2.24) is 4.90 Å². The van der Waals surface area contributed by atoms with Gasteiger partial charge in [-0.1, -0.05) is 53.7 Å². The molecule has 0 aromatic carbocycles. The summed E-state index contributed by atoms with van der Waals surface area (Å²) in [5.74, 6) is 2.09. The van der Waals surface area contributed by atoms with Gasteiger partial charge in [0.05, 0.1) is 11.8 Å². The number of esters is 1. The van der Waals surface area contributed by atoms with E-state index >= 15 is 0 Å². The molecular formula is C41H69NO4. The first-order chi connectivity index (χ1) is 21.3. The lowest BCUT2D eigenvalue weighted by atomic mass is 9.32. The van der Waals surface area contributed by atoms with Crippen LogP contribution >= 0.6 is 0 Å². The quantitative estimate of drug-likeness (QED) is 0.190. The van der Waals surface area contributed by atoms with E-state index in [9.17, 15) is 14.7 Å². The number of carbonyl (C=O) groups excluding carboxylic acids is 1. The largest absolute Gasteiger partial charge is 0.481 e. The summed E-state index contributed by atoms with van der Waals surface area (Å²) in [6.45, 7) is 27.5. The third kappa shape index (κ3) is 5.53. The molecule has 5 heteroatoms. The number of hydrogen-bond acceptors (Lipinski definition) is 4. The van der Waals surface area contributed by atoms with Gasteiger partial charge in [-0.25, -0.2) is 0 Å². The molecule has 5 aliphatic carbocycles. The number of rotatable bonds is 10. The highest BCUT2D eigenvalue weighted by Gasteiger charge is 2.71. The average molecular weight is 640 g/mol. The summed E-state index contributed by atoms with van der Waals surface area (Å²) < 4.78 is 6.19. The first-order valence-corrected chi connectivity index (χ1v) is 19.1. The Labute approximate surface area is 282 Å². The van der Waals surface area contributed by atoms with E-state index < -0.39 is 11.4 Å². The molecule has 5 fully saturated rings. The Morgan fingerprint density at radius 2 is 1.61 bits per heavy atom. The monoisotopic (exact) mass is 640 g/mol. The van der Waals surface area contributed by atoms with Crippen LogP contribution in [-0.4, -0.2) is 48.2 Å². The summed E-state index contributed by atoms with van der Waals surface area (Å²) >= 11 is 0. The van der Waals surface area contributed by atoms with Crippen molar-refractivity contribution < 1.29 is 19.4 Å². The number of carboxylic acid groups (broad SMARTS) is 1. The summed E-state index contributed by atoms with van der Waals surface area (Å²) in [6, 6.07) is 0. The normalized spacial score (nSPS) is 43.2. The third-order valence-corrected chi connectivity index (χ3v) is 16.4. The van der Waals surface area contributed by atoms with E-state index in [-0.39, 0.29) is 29.3 Å². The van der Waals surface area contributed by atoms with Crippen LogP contribution in [0.15, 0.2) is 12.2 Å². The Kier molecular flexibility index (Phi) is 9.53. The van der Waals surface area contributed by atoms with Gasteiger partial charge in [0, 0.05) is 5.41 Å². The number of hydrogen-bond donors (Lipinski definition) is 1. The predicted molar refractivity (Wildman–Crippen MR) is 187 cm³/mol. The summed E-state index contributed by atoms with van der Waals surface area (Å²) in [4.78, 5) is 27.2. The molecule has 5 saturated carbocycles. The fraction of sp³-hybridized carbons (Fsp3) is 0.902. The van der Waals surface area contributed by atoms with Crippen molar-refractivity contribution in [2.24, 2.45) is 62.1 Å². The van der Waals surface area contributed by atoms with E-state index in [2.05, 4.69) is 67.0 Å². The minimum absolute atomic E-state index is 0.0829. The predicted octanol–water partition coefficient (Wildman–Crippen LogP) is 9.79. The van der Waals surface area contributed by atoms with Crippen LogP contribution in [0.5, 0.6) is 0 Å². The number of allylic oxidation sites excluding steroid dienone is 1. The van der Waals surface area contributed by atoms with Crippen molar-refractivity contribution in [3.63, 3.8) is 0 Å². The minimum atomic E-state index is -1.11. The first kappa shape index (κ1) is 35.9. The number of aliphatic carboxylic acids is 1. The van der Waals surface area contributed by atoms with Gasteiger partial charge in [-0.2, -0.15) is 0 Å². The second-order valence-electron chi connectivity index (χ2n) is 19.3. The van der Waals surface area contributed by atoms with E-state index in [1.54, 1.807) is 13.8 Å². The molecule has 5 nitrogen and oxygen atoms in total. The molecule has 10 atom stereocenters. The molecule has 0 aromatic heterocycles. The average Bonchev–Trinajstić information content (AvgIpc) is 3.34. The van der Waals surface area contributed by atoms with Crippen LogP contribution in [-0.2, 0) is 14.3 Å². The molecule has 1 N–H and O–H groups in total. The fourth-order valence-corrected chi connectivity index (χ4v) is 13.4. The Balaban J connectivity index is 1.39. The maximum Gasteiger partial charge on any atom is 0.309 e. The summed E-state index contributed by atoms with van der Waals surface area (Å²) in [5.41, 5.74) is 1.54. The van der Waals surface area contributed by atoms with E-state index in [0.29, 0.717) is 34.0 Å². The number of fused-ring (bicyclic) bond motifs is 7. The molecule has 1 unspecified atom stereocenters. The zero-order valence-corrected chi connectivity index (χ0v) is 31.4. The second kappa shape index (κ2) is 12.2. The van der Waals surface area contributed by atoms with Gasteiger partial charge in [-0.15, -0.1) is 0 Å². The van der Waals surface area contributed by atoms with E-state index in [4.69, 9.17) is 4.74 Å². The molecule has 0 spiro atoms. The van der Waals surface area contributed by atoms with Crippen molar-refractivity contribution in [1.29, 1.82) is 0 Å². The van der Waals surface area contributed by atoms with Gasteiger partial charge >= 0.3 is 11.9 Å². The Morgan fingerprint density at radius 1 is 0.913 bits per heavy atom. The maximum atomic E-state index is 13.0. The van der Waals surface area contributed by atoms with Crippen molar-refractivity contribution in [2.45, 2.75) is 152 Å².